The number of carbonyl (C=O) groups excluding carboxylic acids is 2. The van der Waals surface area contributed by atoms with E-state index in [9.17, 15) is 14.7 Å². The van der Waals surface area contributed by atoms with Gasteiger partial charge in [-0.2, -0.15) is 0 Å². The number of aliphatic hydroxyl groups excluding tert-OH is 1. The highest BCUT2D eigenvalue weighted by Crippen LogP contribution is 2.40. The molecule has 0 bridgehead atoms. The average molecular weight is 551 g/mol. The number of hydrogen-bond donors (Lipinski definition) is 1. The predicted octanol–water partition coefficient (Wildman–Crippen LogP) is 9.83. The Morgan fingerprint density at radius 3 is 2.10 bits per heavy atom. The van der Waals surface area contributed by atoms with E-state index in [1.54, 1.807) is 6.08 Å². The molecular weight excluding hydrogens is 516 g/mol. The van der Waals surface area contributed by atoms with Crippen LogP contribution in [0.25, 0.3) is 27.3 Å². The largest absolute Gasteiger partial charge is 0.507 e. The van der Waals surface area contributed by atoms with Crippen LogP contribution in [-0.4, -0.2) is 16.7 Å². The van der Waals surface area contributed by atoms with Gasteiger partial charge in [0, 0.05) is 16.7 Å². The minimum absolute atomic E-state index is 0.0116. The lowest BCUT2D eigenvalue weighted by Crippen LogP contribution is -2.16. The molecule has 4 aromatic carbocycles. The number of allylic oxidation sites excluding steroid dienone is 9. The van der Waals surface area contributed by atoms with Gasteiger partial charge in [-0.25, -0.2) is 0 Å². The van der Waals surface area contributed by atoms with Crippen LogP contribution in [0.3, 0.4) is 0 Å². The van der Waals surface area contributed by atoms with Crippen molar-refractivity contribution in [3.05, 3.63) is 148 Å². The van der Waals surface area contributed by atoms with E-state index < -0.39 is 0 Å². The minimum atomic E-state index is -0.156. The van der Waals surface area contributed by atoms with Crippen LogP contribution in [0.5, 0.6) is 0 Å². The molecule has 0 spiro atoms. The summed E-state index contributed by atoms with van der Waals surface area (Å²) >= 11 is 0. The predicted molar refractivity (Wildman–Crippen MR) is 173 cm³/mol. The molecule has 3 nitrogen and oxygen atoms in total. The number of aliphatic hydroxyl groups is 1. The Hall–Kier alpha value is -4.76. The van der Waals surface area contributed by atoms with Crippen molar-refractivity contribution in [3.63, 3.8) is 0 Å². The number of aryl methyl sites for hydroxylation is 1. The SMILES string of the molecule is C/C(=C\C=C1C=C(/C=C/C2=C(O)c3cc4ccccc4cc3C2=O)CC(C)(C)C\1)C(=O)c1cc2ccccc2cc1C. The van der Waals surface area contributed by atoms with Gasteiger partial charge in [0.1, 0.15) is 5.76 Å². The van der Waals surface area contributed by atoms with E-state index in [4.69, 9.17) is 0 Å². The van der Waals surface area contributed by atoms with Gasteiger partial charge in [-0.15, -0.1) is 0 Å². The van der Waals surface area contributed by atoms with E-state index >= 15 is 0 Å². The van der Waals surface area contributed by atoms with Crippen molar-refractivity contribution >= 4 is 38.9 Å². The molecule has 0 atom stereocenters. The summed E-state index contributed by atoms with van der Waals surface area (Å²) in [5.74, 6) is -0.0925. The van der Waals surface area contributed by atoms with Gasteiger partial charge in [-0.1, -0.05) is 92.7 Å². The molecule has 0 amide bonds. The first-order valence-electron chi connectivity index (χ1n) is 14.4. The third kappa shape index (κ3) is 5.19. The Kier molecular flexibility index (Phi) is 6.90. The zero-order valence-corrected chi connectivity index (χ0v) is 24.5. The molecule has 0 unspecified atom stereocenters. The first kappa shape index (κ1) is 27.4. The van der Waals surface area contributed by atoms with Gasteiger partial charge in [0.05, 0.1) is 5.57 Å². The lowest BCUT2D eigenvalue weighted by Gasteiger charge is -2.30. The smallest absolute Gasteiger partial charge is 0.197 e. The van der Waals surface area contributed by atoms with Gasteiger partial charge in [-0.3, -0.25) is 9.59 Å². The van der Waals surface area contributed by atoms with Crippen molar-refractivity contribution in [2.24, 2.45) is 5.41 Å². The molecule has 0 radical (unpaired) electrons. The monoisotopic (exact) mass is 550 g/mol. The third-order valence-corrected chi connectivity index (χ3v) is 8.33. The Balaban J connectivity index is 1.27. The average Bonchev–Trinajstić information content (AvgIpc) is 3.20. The summed E-state index contributed by atoms with van der Waals surface area (Å²) in [6, 6.07) is 23.8. The standard InChI is InChI=1S/C39H34O3/c1-24(36(40)33-19-29-10-6-5-9-28(29)17-25(33)2)13-14-26-18-27(23-39(3,4)22-26)15-16-32-37(41)34-20-30-11-7-8-12-31(30)21-35(34)38(32)42/h5-21,41H,22-23H2,1-4H3/b16-15+,24-13+,26-14-. The number of hydrogen-bond acceptors (Lipinski definition) is 3. The van der Waals surface area contributed by atoms with Gasteiger partial charge in [0.25, 0.3) is 0 Å². The second-order valence-corrected chi connectivity index (χ2v) is 12.3. The topological polar surface area (TPSA) is 54.4 Å². The lowest BCUT2D eigenvalue weighted by atomic mass is 9.75. The molecule has 2 aliphatic rings. The first-order valence-corrected chi connectivity index (χ1v) is 14.4. The van der Waals surface area contributed by atoms with E-state index in [1.165, 1.54) is 0 Å². The molecular formula is C39H34O3. The summed E-state index contributed by atoms with van der Waals surface area (Å²) in [5.41, 5.74) is 6.05. The maximum absolute atomic E-state index is 13.4. The quantitative estimate of drug-likeness (QED) is 0.199. The van der Waals surface area contributed by atoms with Crippen molar-refractivity contribution < 1.29 is 14.7 Å². The fourth-order valence-corrected chi connectivity index (χ4v) is 6.21. The molecule has 208 valence electrons. The van der Waals surface area contributed by atoms with Crippen molar-refractivity contribution in [2.75, 3.05) is 0 Å². The number of Topliss-reactive ketones (excluding diaryl/α,β-unsaturated/α-hetero) is 2. The lowest BCUT2D eigenvalue weighted by molar-refractivity contribution is 0.102. The van der Waals surface area contributed by atoms with Crippen LogP contribution in [-0.2, 0) is 0 Å². The fourth-order valence-electron chi connectivity index (χ4n) is 6.21. The van der Waals surface area contributed by atoms with E-state index in [0.29, 0.717) is 22.3 Å². The van der Waals surface area contributed by atoms with Crippen LogP contribution in [0.4, 0.5) is 0 Å². The van der Waals surface area contributed by atoms with Gasteiger partial charge in [0.2, 0.25) is 0 Å². The second kappa shape index (κ2) is 10.6. The van der Waals surface area contributed by atoms with Crippen LogP contribution in [0.2, 0.25) is 0 Å². The van der Waals surface area contributed by atoms with Crippen molar-refractivity contribution in [3.8, 4) is 0 Å². The summed E-state index contributed by atoms with van der Waals surface area (Å²) in [6.07, 6.45) is 11.5. The molecule has 2 aliphatic carbocycles. The molecule has 1 N–H and O–H groups in total. The van der Waals surface area contributed by atoms with Crippen LogP contribution >= 0.6 is 0 Å². The molecule has 4 aromatic rings. The van der Waals surface area contributed by atoms with Gasteiger partial charge in [-0.05, 0) is 100 Å². The Labute approximate surface area is 246 Å². The normalized spacial score (nSPS) is 17.9. The van der Waals surface area contributed by atoms with Gasteiger partial charge < -0.3 is 5.11 Å². The highest BCUT2D eigenvalue weighted by molar-refractivity contribution is 6.22. The molecule has 0 aliphatic heterocycles. The van der Waals surface area contributed by atoms with Crippen molar-refractivity contribution in [1.82, 2.24) is 0 Å². The van der Waals surface area contributed by atoms with E-state index in [-0.39, 0.29) is 22.7 Å². The van der Waals surface area contributed by atoms with Crippen LogP contribution in [0.15, 0.2) is 125 Å². The number of ketones is 2. The van der Waals surface area contributed by atoms with Gasteiger partial charge >= 0.3 is 0 Å². The van der Waals surface area contributed by atoms with Gasteiger partial charge in [0.15, 0.2) is 11.6 Å². The van der Waals surface area contributed by atoms with E-state index in [2.05, 4.69) is 32.1 Å². The maximum Gasteiger partial charge on any atom is 0.197 e. The highest BCUT2D eigenvalue weighted by Gasteiger charge is 2.29. The summed E-state index contributed by atoms with van der Waals surface area (Å²) < 4.78 is 0. The van der Waals surface area contributed by atoms with Crippen LogP contribution in [0.1, 0.15) is 65.5 Å². The fraction of sp³-hybridized carbons (Fsp3) is 0.179. The summed E-state index contributed by atoms with van der Waals surface area (Å²) in [6.45, 7) is 8.30. The molecule has 0 aromatic heterocycles. The number of benzene rings is 4. The first-order chi connectivity index (χ1) is 20.1. The number of rotatable bonds is 5. The Morgan fingerprint density at radius 2 is 1.43 bits per heavy atom. The van der Waals surface area contributed by atoms with Crippen molar-refractivity contribution in [1.29, 1.82) is 0 Å². The molecule has 0 fully saturated rings. The summed E-state index contributed by atoms with van der Waals surface area (Å²) in [5, 5.41) is 15.1. The Bertz CT molecular complexity index is 1960. The highest BCUT2D eigenvalue weighted by atomic mass is 16.3. The molecule has 3 heteroatoms. The zero-order valence-electron chi connectivity index (χ0n) is 24.5. The van der Waals surface area contributed by atoms with E-state index in [0.717, 1.165) is 56.7 Å². The zero-order chi connectivity index (χ0) is 29.6. The molecule has 0 saturated carbocycles. The molecule has 0 heterocycles. The summed E-state index contributed by atoms with van der Waals surface area (Å²) in [7, 11) is 0. The molecule has 0 saturated heterocycles. The summed E-state index contributed by atoms with van der Waals surface area (Å²) in [4.78, 5) is 26.6. The third-order valence-electron chi connectivity index (χ3n) is 8.33. The van der Waals surface area contributed by atoms with E-state index in [1.807, 2.05) is 92.7 Å². The van der Waals surface area contributed by atoms with Crippen LogP contribution < -0.4 is 0 Å². The Morgan fingerprint density at radius 1 is 0.833 bits per heavy atom. The number of carbonyl (C=O) groups is 2. The van der Waals surface area contributed by atoms with Crippen LogP contribution in [0, 0.1) is 12.3 Å². The maximum atomic E-state index is 13.4. The van der Waals surface area contributed by atoms with Crippen molar-refractivity contribution in [2.45, 2.75) is 40.5 Å². The minimum Gasteiger partial charge on any atom is -0.507 e. The second-order valence-electron chi connectivity index (χ2n) is 12.3. The molecule has 42 heavy (non-hydrogen) atoms. The number of fused-ring (bicyclic) bond motifs is 3. The molecule has 6 rings (SSSR count).